The van der Waals surface area contributed by atoms with Crippen molar-refractivity contribution in [1.82, 2.24) is 0 Å². The summed E-state index contributed by atoms with van der Waals surface area (Å²) in [6.45, 7) is 7.10. The van der Waals surface area contributed by atoms with E-state index >= 15 is 0 Å². The summed E-state index contributed by atoms with van der Waals surface area (Å²) in [6.07, 6.45) is 1.09. The van der Waals surface area contributed by atoms with E-state index in [2.05, 4.69) is 6.92 Å². The van der Waals surface area contributed by atoms with Gasteiger partial charge < -0.3 is 9.47 Å². The molecule has 0 aliphatic heterocycles. The van der Waals surface area contributed by atoms with Crippen LogP contribution in [0.15, 0.2) is 18.2 Å². The van der Waals surface area contributed by atoms with Crippen molar-refractivity contribution in [1.29, 1.82) is 0 Å². The first-order valence-corrected chi connectivity index (χ1v) is 7.88. The Balaban J connectivity index is 2.78. The first-order chi connectivity index (χ1) is 9.22. The van der Waals surface area contributed by atoms with Crippen molar-refractivity contribution in [3.8, 4) is 11.5 Å². The van der Waals surface area contributed by atoms with Crippen molar-refractivity contribution in [3.63, 3.8) is 0 Å². The van der Waals surface area contributed by atoms with Gasteiger partial charge in [0.05, 0.1) is 19.0 Å². The molecule has 1 rings (SSSR count). The average Bonchev–Trinajstić information content (AvgIpc) is 2.41. The third kappa shape index (κ3) is 5.15. The zero-order valence-corrected chi connectivity index (χ0v) is 12.7. The maximum Gasteiger partial charge on any atom is 0.172 e. The van der Waals surface area contributed by atoms with Crippen molar-refractivity contribution in [2.24, 2.45) is 0 Å². The molecule has 0 radical (unpaired) electrons. The Labute approximate surface area is 119 Å². The van der Waals surface area contributed by atoms with E-state index < -0.39 is 0 Å². The summed E-state index contributed by atoms with van der Waals surface area (Å²) in [7, 11) is 0. The molecule has 0 aliphatic rings. The molecule has 0 saturated carbocycles. The van der Waals surface area contributed by atoms with Crippen LogP contribution in [-0.2, 0) is 0 Å². The quantitative estimate of drug-likeness (QED) is 0.509. The lowest BCUT2D eigenvalue weighted by Gasteiger charge is -2.12. The van der Waals surface area contributed by atoms with Gasteiger partial charge in [0.25, 0.3) is 0 Å². The second kappa shape index (κ2) is 8.86. The van der Waals surface area contributed by atoms with E-state index in [1.165, 1.54) is 0 Å². The van der Waals surface area contributed by atoms with Crippen molar-refractivity contribution < 1.29 is 14.3 Å². The summed E-state index contributed by atoms with van der Waals surface area (Å²) in [5.74, 6) is 3.02. The molecule has 1 aromatic carbocycles. The van der Waals surface area contributed by atoms with E-state index in [1.54, 1.807) is 17.8 Å². The number of carbonyl (C=O) groups excluding carboxylic acids is 1. The molecule has 0 fully saturated rings. The smallest absolute Gasteiger partial charge is 0.172 e. The Kier molecular flexibility index (Phi) is 7.41. The lowest BCUT2D eigenvalue weighted by Crippen LogP contribution is -2.05. The van der Waals surface area contributed by atoms with Crippen LogP contribution in [0.5, 0.6) is 11.5 Å². The Morgan fingerprint density at radius 2 is 1.79 bits per heavy atom. The Morgan fingerprint density at radius 1 is 1.11 bits per heavy atom. The van der Waals surface area contributed by atoms with E-state index in [1.807, 2.05) is 26.0 Å². The number of hydrogen-bond donors (Lipinski definition) is 0. The molecule has 0 aliphatic carbocycles. The molecule has 0 spiro atoms. The molecule has 106 valence electrons. The molecule has 0 heterocycles. The number of thioether (sulfide) groups is 1. The zero-order valence-electron chi connectivity index (χ0n) is 11.9. The average molecular weight is 282 g/mol. The summed E-state index contributed by atoms with van der Waals surface area (Å²) in [5, 5.41) is 0. The molecule has 0 aromatic heterocycles. The van der Waals surface area contributed by atoms with Crippen LogP contribution in [0.1, 0.15) is 37.6 Å². The molecule has 0 saturated heterocycles. The van der Waals surface area contributed by atoms with E-state index in [9.17, 15) is 4.79 Å². The van der Waals surface area contributed by atoms with Crippen LogP contribution in [0.25, 0.3) is 0 Å². The third-order valence-corrected chi connectivity index (χ3v) is 3.61. The van der Waals surface area contributed by atoms with Crippen LogP contribution < -0.4 is 9.47 Å². The Morgan fingerprint density at radius 3 is 2.42 bits per heavy atom. The second-order valence-corrected chi connectivity index (χ2v) is 5.11. The fourth-order valence-corrected chi connectivity index (χ4v) is 2.40. The van der Waals surface area contributed by atoms with Gasteiger partial charge in [-0.15, -0.1) is 0 Å². The van der Waals surface area contributed by atoms with Gasteiger partial charge in [-0.05, 0) is 44.2 Å². The van der Waals surface area contributed by atoms with E-state index in [0.717, 1.165) is 12.2 Å². The number of ketones is 1. The van der Waals surface area contributed by atoms with Crippen molar-refractivity contribution in [2.45, 2.75) is 27.2 Å². The summed E-state index contributed by atoms with van der Waals surface area (Å²) < 4.78 is 11.0. The Hall–Kier alpha value is -1.16. The second-order valence-electron chi connectivity index (χ2n) is 4.00. The van der Waals surface area contributed by atoms with Gasteiger partial charge in [-0.25, -0.2) is 0 Å². The zero-order chi connectivity index (χ0) is 14.1. The molecule has 0 amide bonds. The molecule has 1 aromatic rings. The normalized spacial score (nSPS) is 10.3. The number of hydrogen-bond acceptors (Lipinski definition) is 4. The van der Waals surface area contributed by atoms with Gasteiger partial charge in [-0.3, -0.25) is 4.79 Å². The molecule has 0 atom stereocenters. The minimum Gasteiger partial charge on any atom is -0.490 e. The highest BCUT2D eigenvalue weighted by Gasteiger charge is 2.11. The van der Waals surface area contributed by atoms with Crippen LogP contribution in [0, 0.1) is 0 Å². The number of Topliss-reactive ketones (excluding diaryl/α,β-unsaturated/α-hetero) is 1. The van der Waals surface area contributed by atoms with Crippen LogP contribution in [0.2, 0.25) is 0 Å². The maximum atomic E-state index is 12.0. The monoisotopic (exact) mass is 282 g/mol. The van der Waals surface area contributed by atoms with Gasteiger partial charge >= 0.3 is 0 Å². The maximum absolute atomic E-state index is 12.0. The summed E-state index contributed by atoms with van der Waals surface area (Å²) in [4.78, 5) is 12.0. The molecule has 3 nitrogen and oxygen atoms in total. The Bertz CT molecular complexity index is 404. The predicted molar refractivity (Wildman–Crippen MR) is 80.7 cm³/mol. The molecule has 0 bridgehead atoms. The third-order valence-electron chi connectivity index (χ3n) is 2.45. The largest absolute Gasteiger partial charge is 0.490 e. The van der Waals surface area contributed by atoms with E-state index in [-0.39, 0.29) is 5.78 Å². The minimum atomic E-state index is 0.141. The fraction of sp³-hybridized carbons (Fsp3) is 0.533. The molecule has 0 unspecified atom stereocenters. The highest BCUT2D eigenvalue weighted by molar-refractivity contribution is 7.99. The van der Waals surface area contributed by atoms with Gasteiger partial charge in [-0.1, -0.05) is 6.92 Å². The summed E-state index contributed by atoms with van der Waals surface area (Å²) >= 11 is 1.67. The van der Waals surface area contributed by atoms with Crippen molar-refractivity contribution in [2.75, 3.05) is 24.7 Å². The van der Waals surface area contributed by atoms with Gasteiger partial charge in [0, 0.05) is 5.56 Å². The van der Waals surface area contributed by atoms with Gasteiger partial charge in [-0.2, -0.15) is 11.8 Å². The van der Waals surface area contributed by atoms with Crippen LogP contribution in [0.4, 0.5) is 0 Å². The number of ether oxygens (including phenoxy) is 2. The highest BCUT2D eigenvalue weighted by atomic mass is 32.2. The van der Waals surface area contributed by atoms with E-state index in [0.29, 0.717) is 36.0 Å². The highest BCUT2D eigenvalue weighted by Crippen LogP contribution is 2.29. The predicted octanol–water partition coefficient (Wildman–Crippen LogP) is 3.81. The molecule has 4 heteroatoms. The molecule has 0 N–H and O–H groups in total. The van der Waals surface area contributed by atoms with Gasteiger partial charge in [0.1, 0.15) is 0 Å². The number of benzene rings is 1. The molecular formula is C15H22O3S. The topological polar surface area (TPSA) is 35.5 Å². The SMILES string of the molecule is CCCSCC(=O)c1ccc(OCC)c(OCC)c1. The van der Waals surface area contributed by atoms with Crippen LogP contribution >= 0.6 is 11.8 Å². The van der Waals surface area contributed by atoms with Crippen LogP contribution in [0.3, 0.4) is 0 Å². The van der Waals surface area contributed by atoms with E-state index in [4.69, 9.17) is 9.47 Å². The lowest BCUT2D eigenvalue weighted by atomic mass is 10.1. The summed E-state index contributed by atoms with van der Waals surface area (Å²) in [5.41, 5.74) is 0.690. The number of carbonyl (C=O) groups is 1. The van der Waals surface area contributed by atoms with Crippen molar-refractivity contribution >= 4 is 17.5 Å². The lowest BCUT2D eigenvalue weighted by molar-refractivity contribution is 0.102. The van der Waals surface area contributed by atoms with Gasteiger partial charge in [0.2, 0.25) is 0 Å². The number of rotatable bonds is 9. The minimum absolute atomic E-state index is 0.141. The first kappa shape index (κ1) is 15.9. The summed E-state index contributed by atoms with van der Waals surface area (Å²) in [6, 6.07) is 5.40. The van der Waals surface area contributed by atoms with Gasteiger partial charge in [0.15, 0.2) is 17.3 Å². The molecular weight excluding hydrogens is 260 g/mol. The molecule has 19 heavy (non-hydrogen) atoms. The standard InChI is InChI=1S/C15H22O3S/c1-4-9-19-11-13(16)12-7-8-14(17-5-2)15(10-12)18-6-3/h7-8,10H,4-6,9,11H2,1-3H3. The van der Waals surface area contributed by atoms with Crippen molar-refractivity contribution in [3.05, 3.63) is 23.8 Å². The van der Waals surface area contributed by atoms with Crippen LogP contribution in [-0.4, -0.2) is 30.5 Å². The fourth-order valence-electron chi connectivity index (χ4n) is 1.62. The first-order valence-electron chi connectivity index (χ1n) is 6.73.